The average molecular weight is 262 g/mol. The van der Waals surface area contributed by atoms with Crippen molar-refractivity contribution < 1.29 is 9.59 Å². The molecule has 0 bridgehead atoms. The van der Waals surface area contributed by atoms with Crippen molar-refractivity contribution in [1.82, 2.24) is 4.90 Å². The molecule has 4 heteroatoms. The summed E-state index contributed by atoms with van der Waals surface area (Å²) < 4.78 is 0. The molecule has 2 fully saturated rings. The summed E-state index contributed by atoms with van der Waals surface area (Å²) in [5, 5.41) is 9.24. The van der Waals surface area contributed by atoms with Crippen LogP contribution in [0.5, 0.6) is 0 Å². The van der Waals surface area contributed by atoms with Gasteiger partial charge in [-0.15, -0.1) is 0 Å². The largest absolute Gasteiger partial charge is 0.274 e. The molecule has 1 saturated carbocycles. The van der Waals surface area contributed by atoms with Gasteiger partial charge in [0.1, 0.15) is 6.04 Å². The summed E-state index contributed by atoms with van der Waals surface area (Å²) in [5.41, 5.74) is -0.489. The van der Waals surface area contributed by atoms with Crippen molar-refractivity contribution in [3.05, 3.63) is 0 Å². The van der Waals surface area contributed by atoms with E-state index >= 15 is 0 Å². The molecule has 1 atom stereocenters. The highest BCUT2D eigenvalue weighted by molar-refractivity contribution is 6.06. The normalized spacial score (nSPS) is 24.6. The van der Waals surface area contributed by atoms with Gasteiger partial charge in [0, 0.05) is 6.42 Å². The van der Waals surface area contributed by atoms with E-state index in [4.69, 9.17) is 0 Å². The third kappa shape index (κ3) is 2.39. The lowest BCUT2D eigenvalue weighted by molar-refractivity contribution is -0.144. The molecule has 1 aliphatic carbocycles. The fourth-order valence-corrected chi connectivity index (χ4v) is 3.40. The predicted octanol–water partition coefficient (Wildman–Crippen LogP) is 2.63. The molecule has 1 heterocycles. The van der Waals surface area contributed by atoms with Crippen LogP contribution in [0.3, 0.4) is 0 Å². The monoisotopic (exact) mass is 262 g/mol. The van der Waals surface area contributed by atoms with Gasteiger partial charge in [0.15, 0.2) is 0 Å². The van der Waals surface area contributed by atoms with Crippen molar-refractivity contribution in [3.63, 3.8) is 0 Å². The molecule has 2 amide bonds. The maximum atomic E-state index is 12.7. The van der Waals surface area contributed by atoms with Crippen LogP contribution in [-0.4, -0.2) is 22.8 Å². The van der Waals surface area contributed by atoms with Crippen molar-refractivity contribution in [3.8, 4) is 6.07 Å². The van der Waals surface area contributed by atoms with E-state index in [0.29, 0.717) is 6.42 Å². The third-order valence-corrected chi connectivity index (χ3v) is 4.53. The maximum absolute atomic E-state index is 12.7. The van der Waals surface area contributed by atoms with E-state index in [2.05, 4.69) is 6.07 Å². The van der Waals surface area contributed by atoms with Gasteiger partial charge in [0.2, 0.25) is 11.8 Å². The molecular formula is C15H22N2O2. The van der Waals surface area contributed by atoms with Gasteiger partial charge in [0.25, 0.3) is 0 Å². The van der Waals surface area contributed by atoms with Crippen molar-refractivity contribution in [2.75, 3.05) is 0 Å². The molecule has 0 N–H and O–H groups in total. The number of nitriles is 1. The summed E-state index contributed by atoms with van der Waals surface area (Å²) in [4.78, 5) is 26.2. The highest BCUT2D eigenvalue weighted by atomic mass is 16.2. The Morgan fingerprint density at radius 2 is 1.74 bits per heavy atom. The van der Waals surface area contributed by atoms with E-state index < -0.39 is 11.5 Å². The Balaban J connectivity index is 2.27. The SMILES string of the molecule is CC(C)C(C#N)N1C(=O)CC2(CCCCCC2)C1=O. The van der Waals surface area contributed by atoms with E-state index in [0.717, 1.165) is 38.5 Å². The first-order valence-corrected chi connectivity index (χ1v) is 7.28. The molecule has 1 saturated heterocycles. The number of likely N-dealkylation sites (tertiary alicyclic amines) is 1. The van der Waals surface area contributed by atoms with Crippen LogP contribution in [0.4, 0.5) is 0 Å². The van der Waals surface area contributed by atoms with E-state index in [9.17, 15) is 14.9 Å². The zero-order valence-corrected chi connectivity index (χ0v) is 11.8. The molecule has 2 rings (SSSR count). The van der Waals surface area contributed by atoms with Crippen LogP contribution in [0.25, 0.3) is 0 Å². The average Bonchev–Trinajstić information content (AvgIpc) is 2.56. The van der Waals surface area contributed by atoms with Crippen LogP contribution in [0, 0.1) is 22.7 Å². The van der Waals surface area contributed by atoms with Crippen molar-refractivity contribution in [2.24, 2.45) is 11.3 Å². The summed E-state index contributed by atoms with van der Waals surface area (Å²) >= 11 is 0. The van der Waals surface area contributed by atoms with Gasteiger partial charge >= 0.3 is 0 Å². The number of rotatable bonds is 2. The van der Waals surface area contributed by atoms with Crippen molar-refractivity contribution in [1.29, 1.82) is 5.26 Å². The molecule has 0 aromatic carbocycles. The summed E-state index contributed by atoms with van der Waals surface area (Å²) in [6.07, 6.45) is 6.27. The molecule has 104 valence electrons. The minimum absolute atomic E-state index is 0.0150. The number of amides is 2. The number of nitrogens with zero attached hydrogens (tertiary/aromatic N) is 2. The topological polar surface area (TPSA) is 61.2 Å². The lowest BCUT2D eigenvalue weighted by atomic mass is 9.79. The van der Waals surface area contributed by atoms with Crippen LogP contribution < -0.4 is 0 Å². The van der Waals surface area contributed by atoms with Crippen LogP contribution >= 0.6 is 0 Å². The number of imide groups is 1. The summed E-state index contributed by atoms with van der Waals surface area (Å²) in [6, 6.07) is 1.52. The molecule has 4 nitrogen and oxygen atoms in total. The molecule has 2 aliphatic rings. The van der Waals surface area contributed by atoms with Crippen molar-refractivity contribution >= 4 is 11.8 Å². The highest BCUT2D eigenvalue weighted by Crippen LogP contribution is 2.45. The van der Waals surface area contributed by atoms with Crippen molar-refractivity contribution in [2.45, 2.75) is 64.8 Å². The van der Waals surface area contributed by atoms with E-state index in [1.165, 1.54) is 4.90 Å². The Morgan fingerprint density at radius 3 is 2.21 bits per heavy atom. The molecule has 0 aromatic rings. The van der Waals surface area contributed by atoms with Crippen LogP contribution in [0.2, 0.25) is 0 Å². The second-order valence-corrected chi connectivity index (χ2v) is 6.26. The molecule has 0 radical (unpaired) electrons. The predicted molar refractivity (Wildman–Crippen MR) is 70.8 cm³/mol. The van der Waals surface area contributed by atoms with Crippen LogP contribution in [0.15, 0.2) is 0 Å². The number of carbonyl (C=O) groups excluding carboxylic acids is 2. The molecule has 1 spiro atoms. The summed E-state index contributed by atoms with van der Waals surface area (Å²) in [6.45, 7) is 3.76. The van der Waals surface area contributed by atoms with Gasteiger partial charge in [-0.25, -0.2) is 0 Å². The quantitative estimate of drug-likeness (QED) is 0.719. The van der Waals surface area contributed by atoms with E-state index in [1.807, 2.05) is 13.8 Å². The van der Waals surface area contributed by atoms with Crippen LogP contribution in [-0.2, 0) is 9.59 Å². The standard InChI is InChI=1S/C15H22N2O2/c1-11(2)12(10-16)17-13(18)9-15(14(17)19)7-5-3-4-6-8-15/h11-12H,3-9H2,1-2H3. The van der Waals surface area contributed by atoms with Gasteiger partial charge in [-0.05, 0) is 18.8 Å². The number of hydrogen-bond donors (Lipinski definition) is 0. The Labute approximate surface area is 114 Å². The minimum atomic E-state index is -0.609. The number of carbonyl (C=O) groups is 2. The molecule has 1 aliphatic heterocycles. The highest BCUT2D eigenvalue weighted by Gasteiger charge is 2.53. The smallest absolute Gasteiger partial charge is 0.237 e. The fourth-order valence-electron chi connectivity index (χ4n) is 3.40. The van der Waals surface area contributed by atoms with Gasteiger partial charge in [0.05, 0.1) is 11.5 Å². The summed E-state index contributed by atoms with van der Waals surface area (Å²) in [7, 11) is 0. The maximum Gasteiger partial charge on any atom is 0.237 e. The molecule has 19 heavy (non-hydrogen) atoms. The Kier molecular flexibility index (Phi) is 3.93. The fraction of sp³-hybridized carbons (Fsp3) is 0.800. The molecular weight excluding hydrogens is 240 g/mol. The number of hydrogen-bond acceptors (Lipinski definition) is 3. The molecule has 0 aromatic heterocycles. The minimum Gasteiger partial charge on any atom is -0.274 e. The third-order valence-electron chi connectivity index (χ3n) is 4.53. The van der Waals surface area contributed by atoms with E-state index in [1.54, 1.807) is 0 Å². The molecule has 1 unspecified atom stereocenters. The first kappa shape index (κ1) is 14.0. The van der Waals surface area contributed by atoms with Crippen LogP contribution in [0.1, 0.15) is 58.8 Å². The first-order valence-electron chi connectivity index (χ1n) is 7.28. The van der Waals surface area contributed by atoms with Gasteiger partial charge in [-0.2, -0.15) is 5.26 Å². The second kappa shape index (κ2) is 5.32. The lowest BCUT2D eigenvalue weighted by Gasteiger charge is -2.28. The Hall–Kier alpha value is -1.37. The Bertz CT molecular complexity index is 414. The first-order chi connectivity index (χ1) is 9.02. The zero-order valence-electron chi connectivity index (χ0n) is 11.8. The van der Waals surface area contributed by atoms with E-state index in [-0.39, 0.29) is 17.7 Å². The lowest BCUT2D eigenvalue weighted by Crippen LogP contribution is -2.44. The summed E-state index contributed by atoms with van der Waals surface area (Å²) in [5.74, 6) is -0.245. The second-order valence-electron chi connectivity index (χ2n) is 6.26. The van der Waals surface area contributed by atoms with Gasteiger partial charge < -0.3 is 0 Å². The zero-order chi connectivity index (χ0) is 14.0. The van der Waals surface area contributed by atoms with Gasteiger partial charge in [-0.1, -0.05) is 39.5 Å². The Morgan fingerprint density at radius 1 is 1.16 bits per heavy atom. The van der Waals surface area contributed by atoms with Gasteiger partial charge in [-0.3, -0.25) is 14.5 Å².